The third kappa shape index (κ3) is 13.1. The van der Waals surface area contributed by atoms with E-state index in [2.05, 4.69) is 16.0 Å². The van der Waals surface area contributed by atoms with Gasteiger partial charge in [-0.3, -0.25) is 14.4 Å². The molecule has 0 heterocycles. The Kier molecular flexibility index (Phi) is 17.4. The van der Waals surface area contributed by atoms with E-state index < -0.39 is 47.9 Å². The molecule has 0 rings (SSSR count). The number of amides is 3. The summed E-state index contributed by atoms with van der Waals surface area (Å²) in [5.74, 6) is -2.38. The Morgan fingerprint density at radius 3 is 1.85 bits per heavy atom. The number of hydrogen-bond donors (Lipinski definition) is 7. The van der Waals surface area contributed by atoms with E-state index in [-0.39, 0.29) is 12.3 Å². The Labute approximate surface area is 207 Å². The van der Waals surface area contributed by atoms with E-state index in [1.54, 1.807) is 13.8 Å². The highest BCUT2D eigenvalue weighted by molar-refractivity contribution is 7.98. The van der Waals surface area contributed by atoms with Crippen molar-refractivity contribution in [2.24, 2.45) is 23.1 Å². The lowest BCUT2D eigenvalue weighted by Crippen LogP contribution is -2.58. The summed E-state index contributed by atoms with van der Waals surface area (Å²) < 4.78 is 0. The van der Waals surface area contributed by atoms with Gasteiger partial charge in [0.25, 0.3) is 0 Å². The fourth-order valence-electron chi connectivity index (χ4n) is 3.22. The molecule has 0 saturated heterocycles. The summed E-state index contributed by atoms with van der Waals surface area (Å²) in [6.07, 6.45) is 5.53. The number of aliphatic carboxylic acids is 1. The lowest BCUT2D eigenvalue weighted by Gasteiger charge is -2.27. The Morgan fingerprint density at radius 1 is 0.794 bits per heavy atom. The molecule has 11 nitrogen and oxygen atoms in total. The summed E-state index contributed by atoms with van der Waals surface area (Å²) in [6.45, 7) is 4.49. The third-order valence-electron chi connectivity index (χ3n) is 5.36. The predicted octanol–water partition coefficient (Wildman–Crippen LogP) is -0.480. The smallest absolute Gasteiger partial charge is 0.326 e. The van der Waals surface area contributed by atoms with E-state index in [4.69, 9.17) is 17.2 Å². The van der Waals surface area contributed by atoms with Crippen molar-refractivity contribution in [2.75, 3.05) is 25.1 Å². The lowest BCUT2D eigenvalue weighted by atomic mass is 10.0. The molecule has 10 N–H and O–H groups in total. The monoisotopic (exact) mass is 504 g/mol. The molecule has 4 atom stereocenters. The van der Waals surface area contributed by atoms with Gasteiger partial charge in [-0.05, 0) is 69.5 Å². The molecular formula is C22H44N6O5S. The Hall–Kier alpha value is -1.89. The van der Waals surface area contributed by atoms with Crippen LogP contribution >= 0.6 is 11.8 Å². The number of carbonyl (C=O) groups is 4. The number of rotatable bonds is 19. The van der Waals surface area contributed by atoms with E-state index in [0.29, 0.717) is 50.9 Å². The number of nitrogens with two attached hydrogens (primary N) is 3. The second-order valence-electron chi connectivity index (χ2n) is 8.65. The van der Waals surface area contributed by atoms with Crippen molar-refractivity contribution in [1.29, 1.82) is 0 Å². The van der Waals surface area contributed by atoms with Crippen LogP contribution < -0.4 is 33.2 Å². The Balaban J connectivity index is 5.32. The van der Waals surface area contributed by atoms with Gasteiger partial charge in [0.05, 0.1) is 6.04 Å². The molecule has 0 aliphatic carbocycles. The molecule has 0 fully saturated rings. The number of carboxylic acid groups (broad SMARTS) is 1. The number of hydrogen-bond acceptors (Lipinski definition) is 8. The zero-order valence-corrected chi connectivity index (χ0v) is 21.5. The zero-order valence-electron chi connectivity index (χ0n) is 20.7. The molecule has 0 radical (unpaired) electrons. The van der Waals surface area contributed by atoms with Gasteiger partial charge in [0, 0.05) is 0 Å². The van der Waals surface area contributed by atoms with Crippen LogP contribution in [0.2, 0.25) is 0 Å². The van der Waals surface area contributed by atoms with Crippen LogP contribution in [-0.2, 0) is 19.2 Å². The first kappa shape index (κ1) is 32.1. The van der Waals surface area contributed by atoms with Crippen molar-refractivity contribution in [2.45, 2.75) is 83.0 Å². The highest BCUT2D eigenvalue weighted by Crippen LogP contribution is 2.09. The van der Waals surface area contributed by atoms with Gasteiger partial charge in [0.1, 0.15) is 18.1 Å². The molecule has 0 aliphatic heterocycles. The number of carbonyl (C=O) groups excluding carboxylic acids is 3. The minimum Gasteiger partial charge on any atom is -0.480 e. The first-order chi connectivity index (χ1) is 16.1. The molecule has 0 aromatic rings. The minimum absolute atomic E-state index is 0.262. The van der Waals surface area contributed by atoms with Gasteiger partial charge in [-0.25, -0.2) is 4.79 Å². The van der Waals surface area contributed by atoms with Crippen LogP contribution in [0.3, 0.4) is 0 Å². The molecular weight excluding hydrogens is 460 g/mol. The quantitative estimate of drug-likeness (QED) is 0.113. The van der Waals surface area contributed by atoms with Gasteiger partial charge in [0.2, 0.25) is 17.7 Å². The summed E-state index contributed by atoms with van der Waals surface area (Å²) in [5, 5.41) is 17.3. The number of thioether (sulfide) groups is 1. The molecule has 4 unspecified atom stereocenters. The predicted molar refractivity (Wildman–Crippen MR) is 135 cm³/mol. The first-order valence-corrected chi connectivity index (χ1v) is 13.3. The lowest BCUT2D eigenvalue weighted by molar-refractivity contribution is -0.142. The zero-order chi connectivity index (χ0) is 26.1. The fraction of sp³-hybridized carbons (Fsp3) is 0.818. The van der Waals surface area contributed by atoms with E-state index in [0.717, 1.165) is 6.42 Å². The van der Waals surface area contributed by atoms with Crippen LogP contribution in [0.25, 0.3) is 0 Å². The Bertz CT molecular complexity index is 637. The summed E-state index contributed by atoms with van der Waals surface area (Å²) in [5.41, 5.74) is 17.0. The second kappa shape index (κ2) is 18.4. The van der Waals surface area contributed by atoms with E-state index in [1.165, 1.54) is 11.8 Å². The van der Waals surface area contributed by atoms with Crippen LogP contribution in [0.15, 0.2) is 0 Å². The topological polar surface area (TPSA) is 203 Å². The molecule has 0 aromatic heterocycles. The highest BCUT2D eigenvalue weighted by atomic mass is 32.2. The van der Waals surface area contributed by atoms with E-state index >= 15 is 0 Å². The maximum atomic E-state index is 13.0. The highest BCUT2D eigenvalue weighted by Gasteiger charge is 2.31. The van der Waals surface area contributed by atoms with Crippen LogP contribution in [0.1, 0.15) is 58.8 Å². The second-order valence-corrected chi connectivity index (χ2v) is 9.63. The fourth-order valence-corrected chi connectivity index (χ4v) is 3.69. The standard InChI is InChI=1S/C22H44N6O5S/c1-14(2)18(28-19(29)15(25)8-4-6-11-23)21(31)26-16(9-5-7-12-24)20(30)27-17(22(32)33)10-13-34-3/h14-18H,4-13,23-25H2,1-3H3,(H,26,31)(H,27,30)(H,28,29)(H,32,33). The first-order valence-electron chi connectivity index (χ1n) is 11.9. The van der Waals surface area contributed by atoms with Crippen LogP contribution in [0, 0.1) is 5.92 Å². The summed E-state index contributed by atoms with van der Waals surface area (Å²) >= 11 is 1.48. The summed E-state index contributed by atoms with van der Waals surface area (Å²) in [7, 11) is 0. The van der Waals surface area contributed by atoms with Gasteiger partial charge < -0.3 is 38.3 Å². The Morgan fingerprint density at radius 2 is 1.35 bits per heavy atom. The molecule has 0 bridgehead atoms. The van der Waals surface area contributed by atoms with Crippen molar-refractivity contribution in [3.8, 4) is 0 Å². The molecule has 198 valence electrons. The van der Waals surface area contributed by atoms with Crippen molar-refractivity contribution in [3.63, 3.8) is 0 Å². The normalized spacial score (nSPS) is 14.7. The number of carboxylic acids is 1. The van der Waals surface area contributed by atoms with Crippen molar-refractivity contribution < 1.29 is 24.3 Å². The molecule has 0 spiro atoms. The van der Waals surface area contributed by atoms with Gasteiger partial charge in [-0.2, -0.15) is 11.8 Å². The van der Waals surface area contributed by atoms with Crippen LogP contribution in [-0.4, -0.2) is 78.1 Å². The summed E-state index contributed by atoms with van der Waals surface area (Å²) in [4.78, 5) is 49.9. The average molecular weight is 505 g/mol. The third-order valence-corrected chi connectivity index (χ3v) is 6.00. The molecule has 3 amide bonds. The van der Waals surface area contributed by atoms with Crippen molar-refractivity contribution in [1.82, 2.24) is 16.0 Å². The molecule has 0 aliphatic rings. The van der Waals surface area contributed by atoms with Gasteiger partial charge in [0.15, 0.2) is 0 Å². The molecule has 0 aromatic carbocycles. The molecule has 34 heavy (non-hydrogen) atoms. The van der Waals surface area contributed by atoms with E-state index in [9.17, 15) is 24.3 Å². The van der Waals surface area contributed by atoms with Crippen LogP contribution in [0.5, 0.6) is 0 Å². The van der Waals surface area contributed by atoms with Crippen LogP contribution in [0.4, 0.5) is 0 Å². The summed E-state index contributed by atoms with van der Waals surface area (Å²) in [6, 6.07) is -3.67. The molecule has 0 saturated carbocycles. The maximum Gasteiger partial charge on any atom is 0.326 e. The minimum atomic E-state index is -1.13. The van der Waals surface area contributed by atoms with Gasteiger partial charge in [-0.1, -0.05) is 20.3 Å². The number of nitrogens with one attached hydrogen (secondary N) is 3. The average Bonchev–Trinajstić information content (AvgIpc) is 2.78. The van der Waals surface area contributed by atoms with Crippen molar-refractivity contribution >= 4 is 35.5 Å². The SMILES string of the molecule is CSCCC(NC(=O)C(CCCCN)NC(=O)C(NC(=O)C(N)CCCCN)C(C)C)C(=O)O. The van der Waals surface area contributed by atoms with Gasteiger partial charge in [-0.15, -0.1) is 0 Å². The number of unbranched alkanes of at least 4 members (excludes halogenated alkanes) is 2. The molecule has 12 heteroatoms. The maximum absolute atomic E-state index is 13.0. The van der Waals surface area contributed by atoms with Gasteiger partial charge >= 0.3 is 5.97 Å². The van der Waals surface area contributed by atoms with Crippen molar-refractivity contribution in [3.05, 3.63) is 0 Å². The van der Waals surface area contributed by atoms with E-state index in [1.807, 2.05) is 6.26 Å². The largest absolute Gasteiger partial charge is 0.480 e.